The number of nitrogens with zero attached hydrogens (tertiary/aromatic N) is 2. The molecule has 5 rings (SSSR count). The Hall–Kier alpha value is -3.03. The molecule has 0 unspecified atom stereocenters. The third-order valence-corrected chi connectivity index (χ3v) is 7.12. The van der Waals surface area contributed by atoms with Crippen LogP contribution in [0.5, 0.6) is 0 Å². The zero-order valence-electron chi connectivity index (χ0n) is 17.5. The second kappa shape index (κ2) is 7.90. The molecule has 8 heteroatoms. The molecule has 1 aromatic carbocycles. The maximum atomic E-state index is 13.2. The molecule has 4 amide bonds. The minimum absolute atomic E-state index is 0.0486. The van der Waals surface area contributed by atoms with Crippen LogP contribution >= 0.6 is 0 Å². The van der Waals surface area contributed by atoms with Crippen LogP contribution in [0.25, 0.3) is 10.9 Å². The van der Waals surface area contributed by atoms with Gasteiger partial charge in [0.05, 0.1) is 11.2 Å². The smallest absolute Gasteiger partial charge is 0.323 e. The van der Waals surface area contributed by atoms with Gasteiger partial charge in [-0.05, 0) is 43.6 Å². The SMILES string of the molecule is NC(=O)n1cc(NC(=O)N2[C@@H]3C[C@@H]3C[C@H]2C(=O)NCC2CCCCC2)c2ccccc21. The second-order valence-corrected chi connectivity index (χ2v) is 9.17. The van der Waals surface area contributed by atoms with Crippen LogP contribution in [-0.2, 0) is 4.79 Å². The highest BCUT2D eigenvalue weighted by molar-refractivity contribution is 6.05. The van der Waals surface area contributed by atoms with E-state index in [2.05, 4.69) is 10.6 Å². The Morgan fingerprint density at radius 1 is 1.06 bits per heavy atom. The molecule has 1 saturated heterocycles. The van der Waals surface area contributed by atoms with E-state index >= 15 is 0 Å². The summed E-state index contributed by atoms with van der Waals surface area (Å²) in [5.41, 5.74) is 6.63. The van der Waals surface area contributed by atoms with Crippen LogP contribution in [0.15, 0.2) is 30.5 Å². The number of nitrogens with one attached hydrogen (secondary N) is 2. The predicted octanol–water partition coefficient (Wildman–Crippen LogP) is 3.26. The summed E-state index contributed by atoms with van der Waals surface area (Å²) in [6, 6.07) is 6.06. The molecule has 2 heterocycles. The molecule has 0 spiro atoms. The van der Waals surface area contributed by atoms with Gasteiger partial charge in [-0.1, -0.05) is 37.5 Å². The standard InChI is InChI=1S/C23H29N5O3/c24-22(30)27-13-17(16-8-4-5-9-18(16)27)26-23(31)28-19-10-15(19)11-20(28)21(29)25-12-14-6-2-1-3-7-14/h4-5,8-9,13-15,19-20H,1-3,6-7,10-12H2,(H2,24,30)(H,25,29)(H,26,31)/t15-,19-,20+/m1/s1. The van der Waals surface area contributed by atoms with Gasteiger partial charge in [0.15, 0.2) is 0 Å². The first-order valence-electron chi connectivity index (χ1n) is 11.3. The van der Waals surface area contributed by atoms with Gasteiger partial charge in [0.1, 0.15) is 6.04 Å². The average molecular weight is 424 g/mol. The number of anilines is 1. The highest BCUT2D eigenvalue weighted by Crippen LogP contribution is 2.48. The Morgan fingerprint density at radius 2 is 1.84 bits per heavy atom. The van der Waals surface area contributed by atoms with Gasteiger partial charge in [0.2, 0.25) is 5.91 Å². The lowest BCUT2D eigenvalue weighted by molar-refractivity contribution is -0.125. The van der Waals surface area contributed by atoms with Crippen molar-refractivity contribution >= 4 is 34.6 Å². The third-order valence-electron chi connectivity index (χ3n) is 7.12. The van der Waals surface area contributed by atoms with Crippen molar-refractivity contribution in [2.45, 2.75) is 57.0 Å². The summed E-state index contributed by atoms with van der Waals surface area (Å²) in [6.07, 6.45) is 9.32. The molecular formula is C23H29N5O3. The van der Waals surface area contributed by atoms with Crippen molar-refractivity contribution in [3.8, 4) is 0 Å². The molecule has 31 heavy (non-hydrogen) atoms. The number of primary amides is 1. The molecule has 0 bridgehead atoms. The number of para-hydroxylation sites is 1. The lowest BCUT2D eigenvalue weighted by Crippen LogP contribution is -2.50. The monoisotopic (exact) mass is 423 g/mol. The molecule has 4 N–H and O–H groups in total. The Balaban J connectivity index is 1.30. The van der Waals surface area contributed by atoms with Crippen molar-refractivity contribution in [3.05, 3.63) is 30.5 Å². The maximum Gasteiger partial charge on any atom is 0.323 e. The Morgan fingerprint density at radius 3 is 2.61 bits per heavy atom. The molecule has 2 aromatic rings. The lowest BCUT2D eigenvalue weighted by Gasteiger charge is -2.28. The van der Waals surface area contributed by atoms with E-state index in [1.165, 1.54) is 36.7 Å². The summed E-state index contributed by atoms with van der Waals surface area (Å²) >= 11 is 0. The molecule has 0 radical (unpaired) electrons. The maximum absolute atomic E-state index is 13.2. The zero-order chi connectivity index (χ0) is 21.5. The summed E-state index contributed by atoms with van der Waals surface area (Å²) < 4.78 is 1.32. The third kappa shape index (κ3) is 3.75. The number of fused-ring (bicyclic) bond motifs is 2. The van der Waals surface area contributed by atoms with E-state index in [0.717, 1.165) is 18.2 Å². The minimum atomic E-state index is -0.611. The molecule has 164 valence electrons. The average Bonchev–Trinajstić information content (AvgIpc) is 3.28. The second-order valence-electron chi connectivity index (χ2n) is 9.17. The number of benzene rings is 1. The van der Waals surface area contributed by atoms with Crippen LogP contribution in [-0.4, -0.2) is 46.1 Å². The van der Waals surface area contributed by atoms with Crippen molar-refractivity contribution in [3.63, 3.8) is 0 Å². The van der Waals surface area contributed by atoms with Crippen molar-refractivity contribution in [2.75, 3.05) is 11.9 Å². The van der Waals surface area contributed by atoms with Gasteiger partial charge in [-0.15, -0.1) is 0 Å². The van der Waals surface area contributed by atoms with Gasteiger partial charge in [0.25, 0.3) is 0 Å². The normalized spacial score (nSPS) is 25.3. The van der Waals surface area contributed by atoms with Crippen LogP contribution in [0.3, 0.4) is 0 Å². The molecular weight excluding hydrogens is 394 g/mol. The van der Waals surface area contributed by atoms with Crippen LogP contribution in [0.2, 0.25) is 0 Å². The van der Waals surface area contributed by atoms with Gasteiger partial charge in [-0.25, -0.2) is 9.59 Å². The number of carbonyl (C=O) groups is 3. The number of carbonyl (C=O) groups excluding carboxylic acids is 3. The van der Waals surface area contributed by atoms with E-state index in [9.17, 15) is 14.4 Å². The molecule has 3 atom stereocenters. The topological polar surface area (TPSA) is 109 Å². The van der Waals surface area contributed by atoms with Crippen molar-refractivity contribution in [2.24, 2.45) is 17.6 Å². The van der Waals surface area contributed by atoms with E-state index in [1.807, 2.05) is 18.2 Å². The molecule has 3 aliphatic rings. The fourth-order valence-electron chi connectivity index (χ4n) is 5.38. The number of hydrogen-bond donors (Lipinski definition) is 3. The summed E-state index contributed by atoms with van der Waals surface area (Å²) in [5.74, 6) is 0.909. The van der Waals surface area contributed by atoms with Crippen LogP contribution in [0, 0.1) is 11.8 Å². The number of likely N-dealkylation sites (tertiary alicyclic amines) is 1. The number of nitrogens with two attached hydrogens (primary N) is 1. The molecule has 3 fully saturated rings. The zero-order valence-corrected chi connectivity index (χ0v) is 17.5. The van der Waals surface area contributed by atoms with E-state index < -0.39 is 12.1 Å². The number of hydrogen-bond acceptors (Lipinski definition) is 3. The number of aromatic nitrogens is 1. The summed E-state index contributed by atoms with van der Waals surface area (Å²) in [7, 11) is 0. The first kappa shape index (κ1) is 19.9. The van der Waals surface area contributed by atoms with Crippen LogP contribution < -0.4 is 16.4 Å². The Labute approximate surface area is 181 Å². The lowest BCUT2D eigenvalue weighted by atomic mass is 9.89. The predicted molar refractivity (Wildman–Crippen MR) is 118 cm³/mol. The van der Waals surface area contributed by atoms with E-state index in [-0.39, 0.29) is 18.0 Å². The van der Waals surface area contributed by atoms with Crippen molar-refractivity contribution < 1.29 is 14.4 Å². The Kier molecular flexibility index (Phi) is 5.08. The quantitative estimate of drug-likeness (QED) is 0.702. The highest BCUT2D eigenvalue weighted by Gasteiger charge is 2.56. The summed E-state index contributed by atoms with van der Waals surface area (Å²) in [6.45, 7) is 0.701. The number of piperidine rings is 1. The largest absolute Gasteiger partial charge is 0.354 e. The molecule has 1 aliphatic heterocycles. The minimum Gasteiger partial charge on any atom is -0.354 e. The number of amides is 4. The first-order chi connectivity index (χ1) is 15.0. The summed E-state index contributed by atoms with van der Waals surface area (Å²) in [5, 5.41) is 6.77. The van der Waals surface area contributed by atoms with Gasteiger partial charge in [-0.2, -0.15) is 0 Å². The van der Waals surface area contributed by atoms with Gasteiger partial charge in [-0.3, -0.25) is 9.36 Å². The van der Waals surface area contributed by atoms with E-state index in [1.54, 1.807) is 17.2 Å². The van der Waals surface area contributed by atoms with Crippen LogP contribution in [0.4, 0.5) is 15.3 Å². The fourth-order valence-corrected chi connectivity index (χ4v) is 5.38. The van der Waals surface area contributed by atoms with E-state index in [0.29, 0.717) is 29.6 Å². The number of rotatable bonds is 4. The molecule has 8 nitrogen and oxygen atoms in total. The van der Waals surface area contributed by atoms with E-state index in [4.69, 9.17) is 5.73 Å². The molecule has 1 aromatic heterocycles. The number of urea groups is 1. The highest BCUT2D eigenvalue weighted by atomic mass is 16.2. The van der Waals surface area contributed by atoms with Gasteiger partial charge >= 0.3 is 12.1 Å². The van der Waals surface area contributed by atoms with Gasteiger partial charge < -0.3 is 21.3 Å². The van der Waals surface area contributed by atoms with Gasteiger partial charge in [0, 0.05) is 24.2 Å². The molecule has 2 saturated carbocycles. The van der Waals surface area contributed by atoms with Crippen molar-refractivity contribution in [1.82, 2.24) is 14.8 Å². The summed E-state index contributed by atoms with van der Waals surface area (Å²) in [4.78, 5) is 39.6. The fraction of sp³-hybridized carbons (Fsp3) is 0.522. The van der Waals surface area contributed by atoms with Crippen LogP contribution in [0.1, 0.15) is 44.9 Å². The Bertz CT molecular complexity index is 1030. The first-order valence-corrected chi connectivity index (χ1v) is 11.3. The molecule has 2 aliphatic carbocycles. The van der Waals surface area contributed by atoms with Crippen molar-refractivity contribution in [1.29, 1.82) is 0 Å².